The Labute approximate surface area is 176 Å². The number of hydrogen-bond donors (Lipinski definition) is 3. The van der Waals surface area contributed by atoms with E-state index in [-0.39, 0.29) is 12.0 Å². The zero-order valence-electron chi connectivity index (χ0n) is 17.4. The average molecular weight is 408 g/mol. The van der Waals surface area contributed by atoms with Crippen molar-refractivity contribution >= 4 is 23.4 Å². The van der Waals surface area contributed by atoms with Gasteiger partial charge in [0.25, 0.3) is 0 Å². The molecule has 2 aromatic rings. The Morgan fingerprint density at radius 2 is 1.97 bits per heavy atom. The van der Waals surface area contributed by atoms with Crippen LogP contribution in [0.25, 0.3) is 16.7 Å². The molecule has 158 valence electrons. The van der Waals surface area contributed by atoms with Crippen molar-refractivity contribution in [1.82, 2.24) is 25.2 Å². The third-order valence-electron chi connectivity index (χ3n) is 5.92. The number of pyridine rings is 1. The van der Waals surface area contributed by atoms with Crippen molar-refractivity contribution in [3.05, 3.63) is 35.8 Å². The summed E-state index contributed by atoms with van der Waals surface area (Å²) in [6.07, 6.45) is 10.4. The zero-order valence-corrected chi connectivity index (χ0v) is 17.4. The molecule has 3 heterocycles. The molecule has 2 aromatic heterocycles. The van der Waals surface area contributed by atoms with E-state index >= 15 is 0 Å². The molecule has 2 aliphatic rings. The SMILES string of the molecule is Cc1nc(N)nc(C2=CCN(C(=O)NC3CCCCC3)CC2)c1-c1ccc(N)nc1. The molecular weight excluding hydrogens is 378 g/mol. The average Bonchev–Trinajstić information content (AvgIpc) is 2.75. The van der Waals surface area contributed by atoms with Gasteiger partial charge in [-0.25, -0.2) is 19.7 Å². The molecule has 0 spiro atoms. The highest BCUT2D eigenvalue weighted by Crippen LogP contribution is 2.33. The smallest absolute Gasteiger partial charge is 0.317 e. The van der Waals surface area contributed by atoms with Crippen LogP contribution in [0.4, 0.5) is 16.6 Å². The van der Waals surface area contributed by atoms with Gasteiger partial charge in [0.05, 0.1) is 11.4 Å². The van der Waals surface area contributed by atoms with Gasteiger partial charge in [0, 0.05) is 36.5 Å². The fourth-order valence-electron chi connectivity index (χ4n) is 4.31. The van der Waals surface area contributed by atoms with Crippen LogP contribution in [0, 0.1) is 6.92 Å². The molecule has 5 N–H and O–H groups in total. The van der Waals surface area contributed by atoms with E-state index in [2.05, 4.69) is 26.3 Å². The first-order valence-corrected chi connectivity index (χ1v) is 10.6. The lowest BCUT2D eigenvalue weighted by Crippen LogP contribution is -2.46. The minimum atomic E-state index is 0.0264. The minimum absolute atomic E-state index is 0.0264. The van der Waals surface area contributed by atoms with Crippen molar-refractivity contribution in [3.63, 3.8) is 0 Å². The van der Waals surface area contributed by atoms with E-state index < -0.39 is 0 Å². The highest BCUT2D eigenvalue weighted by Gasteiger charge is 2.24. The van der Waals surface area contributed by atoms with E-state index in [4.69, 9.17) is 11.5 Å². The van der Waals surface area contributed by atoms with Gasteiger partial charge in [0.1, 0.15) is 5.82 Å². The molecule has 1 saturated carbocycles. The van der Waals surface area contributed by atoms with E-state index in [9.17, 15) is 4.79 Å². The van der Waals surface area contributed by atoms with Gasteiger partial charge in [0.15, 0.2) is 0 Å². The van der Waals surface area contributed by atoms with Crippen LogP contribution in [0.2, 0.25) is 0 Å². The Morgan fingerprint density at radius 3 is 2.63 bits per heavy atom. The minimum Gasteiger partial charge on any atom is -0.384 e. The first-order valence-electron chi connectivity index (χ1n) is 10.6. The quantitative estimate of drug-likeness (QED) is 0.718. The number of nitrogens with one attached hydrogen (secondary N) is 1. The summed E-state index contributed by atoms with van der Waals surface area (Å²) in [6, 6.07) is 4.02. The molecule has 0 bridgehead atoms. The molecule has 0 radical (unpaired) electrons. The maximum Gasteiger partial charge on any atom is 0.317 e. The summed E-state index contributed by atoms with van der Waals surface area (Å²) in [4.78, 5) is 27.6. The first-order chi connectivity index (χ1) is 14.5. The van der Waals surface area contributed by atoms with Gasteiger partial charge in [-0.2, -0.15) is 0 Å². The fourth-order valence-corrected chi connectivity index (χ4v) is 4.31. The number of carbonyl (C=O) groups excluding carboxylic acids is 1. The van der Waals surface area contributed by atoms with E-state index in [0.29, 0.717) is 31.4 Å². The molecule has 4 rings (SSSR count). The van der Waals surface area contributed by atoms with Crippen molar-refractivity contribution < 1.29 is 4.79 Å². The van der Waals surface area contributed by atoms with E-state index in [0.717, 1.165) is 40.9 Å². The van der Waals surface area contributed by atoms with Crippen LogP contribution in [0.5, 0.6) is 0 Å². The molecule has 0 atom stereocenters. The van der Waals surface area contributed by atoms with Crippen LogP contribution in [0.15, 0.2) is 24.4 Å². The van der Waals surface area contributed by atoms with Crippen molar-refractivity contribution in [2.45, 2.75) is 51.5 Å². The summed E-state index contributed by atoms with van der Waals surface area (Å²) in [7, 11) is 0. The van der Waals surface area contributed by atoms with Gasteiger partial charge in [-0.05, 0) is 43.9 Å². The van der Waals surface area contributed by atoms with Gasteiger partial charge >= 0.3 is 6.03 Å². The number of carbonyl (C=O) groups is 1. The summed E-state index contributed by atoms with van der Waals surface area (Å²) in [5.41, 5.74) is 16.2. The lowest BCUT2D eigenvalue weighted by atomic mass is 9.95. The van der Waals surface area contributed by atoms with Gasteiger partial charge in [-0.15, -0.1) is 0 Å². The van der Waals surface area contributed by atoms with Crippen molar-refractivity contribution in [2.75, 3.05) is 24.6 Å². The topological polar surface area (TPSA) is 123 Å². The number of aromatic nitrogens is 3. The number of anilines is 2. The molecule has 0 unspecified atom stereocenters. The van der Waals surface area contributed by atoms with Crippen LogP contribution in [0.1, 0.15) is 49.9 Å². The van der Waals surface area contributed by atoms with E-state index in [1.54, 1.807) is 12.3 Å². The lowest BCUT2D eigenvalue weighted by molar-refractivity contribution is 0.195. The van der Waals surface area contributed by atoms with Crippen LogP contribution in [-0.4, -0.2) is 45.0 Å². The second-order valence-electron chi connectivity index (χ2n) is 8.07. The van der Waals surface area contributed by atoms with E-state index in [1.165, 1.54) is 19.3 Å². The molecule has 8 heteroatoms. The predicted octanol–water partition coefficient (Wildman–Crippen LogP) is 3.14. The number of amides is 2. The number of nitrogens with zero attached hydrogens (tertiary/aromatic N) is 4. The molecule has 1 aliphatic carbocycles. The number of nitrogens with two attached hydrogens (primary N) is 2. The van der Waals surface area contributed by atoms with Crippen molar-refractivity contribution in [2.24, 2.45) is 0 Å². The number of urea groups is 1. The molecule has 0 aromatic carbocycles. The van der Waals surface area contributed by atoms with Crippen LogP contribution in [0.3, 0.4) is 0 Å². The number of aryl methyl sites for hydroxylation is 1. The second-order valence-corrected chi connectivity index (χ2v) is 8.07. The standard InChI is InChI=1S/C22H29N7O/c1-14-19(16-7-8-18(23)25-13-16)20(28-21(24)26-14)15-9-11-29(12-10-15)22(30)27-17-5-3-2-4-6-17/h7-9,13,17H,2-6,10-12H2,1H3,(H2,23,25)(H,27,30)(H2,24,26,28). The number of rotatable bonds is 3. The summed E-state index contributed by atoms with van der Waals surface area (Å²) in [6.45, 7) is 3.11. The normalized spacial score (nSPS) is 17.5. The monoisotopic (exact) mass is 407 g/mol. The van der Waals surface area contributed by atoms with Crippen LogP contribution < -0.4 is 16.8 Å². The molecular formula is C22H29N7O. The lowest BCUT2D eigenvalue weighted by Gasteiger charge is -2.30. The van der Waals surface area contributed by atoms with Gasteiger partial charge in [-0.3, -0.25) is 0 Å². The van der Waals surface area contributed by atoms with Crippen LogP contribution in [-0.2, 0) is 0 Å². The maximum atomic E-state index is 12.7. The van der Waals surface area contributed by atoms with Crippen molar-refractivity contribution in [1.29, 1.82) is 0 Å². The Balaban J connectivity index is 1.54. The summed E-state index contributed by atoms with van der Waals surface area (Å²) < 4.78 is 0. The highest BCUT2D eigenvalue weighted by atomic mass is 16.2. The summed E-state index contributed by atoms with van der Waals surface area (Å²) in [5.74, 6) is 0.707. The van der Waals surface area contributed by atoms with E-state index in [1.807, 2.05) is 17.9 Å². The first kappa shape index (κ1) is 20.1. The molecule has 30 heavy (non-hydrogen) atoms. The zero-order chi connectivity index (χ0) is 21.1. The van der Waals surface area contributed by atoms with Gasteiger partial charge in [0.2, 0.25) is 5.95 Å². The molecule has 1 fully saturated rings. The second kappa shape index (κ2) is 8.69. The summed E-state index contributed by atoms with van der Waals surface area (Å²) >= 11 is 0. The van der Waals surface area contributed by atoms with Crippen molar-refractivity contribution in [3.8, 4) is 11.1 Å². The molecule has 1 aliphatic heterocycles. The maximum absolute atomic E-state index is 12.7. The predicted molar refractivity (Wildman–Crippen MR) is 118 cm³/mol. The number of nitrogen functional groups attached to an aromatic ring is 2. The fraction of sp³-hybridized carbons (Fsp3) is 0.455. The largest absolute Gasteiger partial charge is 0.384 e. The Morgan fingerprint density at radius 1 is 1.17 bits per heavy atom. The Hall–Kier alpha value is -3.16. The number of hydrogen-bond acceptors (Lipinski definition) is 6. The molecule has 0 saturated heterocycles. The molecule has 2 amide bonds. The van der Waals surface area contributed by atoms with Crippen LogP contribution >= 0.6 is 0 Å². The van der Waals surface area contributed by atoms with Gasteiger partial charge in [-0.1, -0.05) is 25.3 Å². The Bertz CT molecular complexity index is 949. The third kappa shape index (κ3) is 4.37. The summed E-state index contributed by atoms with van der Waals surface area (Å²) in [5, 5.41) is 3.20. The highest BCUT2D eigenvalue weighted by molar-refractivity contribution is 5.83. The molecule has 8 nitrogen and oxygen atoms in total. The Kier molecular flexibility index (Phi) is 5.83. The van der Waals surface area contributed by atoms with Gasteiger partial charge < -0.3 is 21.7 Å². The third-order valence-corrected chi connectivity index (χ3v) is 5.92.